The average molecular weight is 535 g/mol. The minimum atomic E-state index is -3.91. The van der Waals surface area contributed by atoms with Gasteiger partial charge in [-0.05, 0) is 42.3 Å². The number of ether oxygens (including phenoxy) is 1. The topological polar surface area (TPSA) is 123 Å². The van der Waals surface area contributed by atoms with E-state index >= 15 is 0 Å². The third-order valence-electron chi connectivity index (χ3n) is 5.17. The van der Waals surface area contributed by atoms with Crippen molar-refractivity contribution in [1.82, 2.24) is 15.1 Å². The number of thiophene rings is 1. The van der Waals surface area contributed by atoms with Crippen molar-refractivity contribution in [2.24, 2.45) is 0 Å². The van der Waals surface area contributed by atoms with Crippen molar-refractivity contribution < 1.29 is 23.1 Å². The fourth-order valence-electron chi connectivity index (χ4n) is 3.53. The first-order chi connectivity index (χ1) is 16.7. The lowest BCUT2D eigenvalue weighted by atomic mass is 10.1. The molecule has 0 radical (unpaired) electrons. The molecule has 0 spiro atoms. The Kier molecular flexibility index (Phi) is 7.31. The zero-order valence-electron chi connectivity index (χ0n) is 18.9. The maximum Gasteiger partial charge on any atom is 0.272 e. The van der Waals surface area contributed by atoms with Crippen molar-refractivity contribution in [3.8, 4) is 5.75 Å². The van der Waals surface area contributed by atoms with Gasteiger partial charge in [0, 0.05) is 6.54 Å². The van der Waals surface area contributed by atoms with Gasteiger partial charge >= 0.3 is 0 Å². The maximum absolute atomic E-state index is 12.9. The van der Waals surface area contributed by atoms with E-state index < -0.39 is 22.0 Å². The van der Waals surface area contributed by atoms with Gasteiger partial charge in [0.2, 0.25) is 5.91 Å². The zero-order chi connectivity index (χ0) is 25.2. The third kappa shape index (κ3) is 5.59. The first kappa shape index (κ1) is 25.0. The van der Waals surface area contributed by atoms with Gasteiger partial charge in [0.25, 0.3) is 10.0 Å². The number of sulfonamides is 1. The van der Waals surface area contributed by atoms with E-state index in [4.69, 9.17) is 16.3 Å². The SMILES string of the molecule is COc1cccc2c1c(NS(=O)(=O)c1ccc(Cl)s1)nn2Cc1cccc(CNC(=O)[C@H](C)O)c1. The average Bonchev–Trinajstić information content (AvgIpc) is 3.41. The highest BCUT2D eigenvalue weighted by Gasteiger charge is 2.23. The Bertz CT molecular complexity index is 1480. The number of hydrogen-bond acceptors (Lipinski definition) is 7. The highest BCUT2D eigenvalue weighted by molar-refractivity contribution is 7.94. The van der Waals surface area contributed by atoms with Crippen LogP contribution in [0.2, 0.25) is 4.34 Å². The number of carbonyl (C=O) groups excluding carboxylic acids is 1. The number of nitrogens with one attached hydrogen (secondary N) is 2. The van der Waals surface area contributed by atoms with Crippen LogP contribution in [0.4, 0.5) is 5.82 Å². The molecular formula is C23H23ClN4O5S2. The Labute approximate surface area is 211 Å². The molecule has 9 nitrogen and oxygen atoms in total. The van der Waals surface area contributed by atoms with Crippen LogP contribution >= 0.6 is 22.9 Å². The molecule has 0 aliphatic heterocycles. The van der Waals surface area contributed by atoms with Gasteiger partial charge in [-0.25, -0.2) is 8.42 Å². The van der Waals surface area contributed by atoms with Crippen molar-refractivity contribution in [2.45, 2.75) is 30.3 Å². The molecular weight excluding hydrogens is 512 g/mol. The van der Waals surface area contributed by atoms with Gasteiger partial charge in [0.1, 0.15) is 16.1 Å². The number of nitrogens with zero attached hydrogens (tertiary/aromatic N) is 2. The lowest BCUT2D eigenvalue weighted by Gasteiger charge is -2.09. The molecule has 4 aromatic rings. The molecule has 1 amide bonds. The molecule has 2 aromatic carbocycles. The molecule has 3 N–H and O–H groups in total. The number of rotatable bonds is 9. The Morgan fingerprint density at radius 1 is 1.20 bits per heavy atom. The molecule has 0 aliphatic carbocycles. The number of methoxy groups -OCH3 is 1. The molecule has 0 aliphatic rings. The molecule has 4 rings (SSSR count). The predicted molar refractivity (Wildman–Crippen MR) is 135 cm³/mol. The smallest absolute Gasteiger partial charge is 0.272 e. The van der Waals surface area contributed by atoms with E-state index in [0.717, 1.165) is 22.5 Å². The second kappa shape index (κ2) is 10.2. The minimum absolute atomic E-state index is 0.0760. The fraction of sp³-hybridized carbons (Fsp3) is 0.217. The summed E-state index contributed by atoms with van der Waals surface area (Å²) in [4.78, 5) is 11.7. The molecule has 0 saturated carbocycles. The van der Waals surface area contributed by atoms with Crippen molar-refractivity contribution in [2.75, 3.05) is 11.8 Å². The first-order valence-electron chi connectivity index (χ1n) is 10.5. The summed E-state index contributed by atoms with van der Waals surface area (Å²) in [5, 5.41) is 17.1. The number of aromatic nitrogens is 2. The molecule has 0 bridgehead atoms. The third-order valence-corrected chi connectivity index (χ3v) is 8.24. The number of hydrogen-bond donors (Lipinski definition) is 3. The van der Waals surface area contributed by atoms with Crippen molar-refractivity contribution >= 4 is 55.6 Å². The van der Waals surface area contributed by atoms with Crippen LogP contribution in [0, 0.1) is 0 Å². The van der Waals surface area contributed by atoms with Crippen LogP contribution in [0.5, 0.6) is 5.75 Å². The molecule has 2 heterocycles. The summed E-state index contributed by atoms with van der Waals surface area (Å²) >= 11 is 6.88. The molecule has 35 heavy (non-hydrogen) atoms. The van der Waals surface area contributed by atoms with Gasteiger partial charge < -0.3 is 15.2 Å². The van der Waals surface area contributed by atoms with E-state index in [1.165, 1.54) is 26.2 Å². The molecule has 184 valence electrons. The Morgan fingerprint density at radius 3 is 2.63 bits per heavy atom. The minimum Gasteiger partial charge on any atom is -0.496 e. The first-order valence-corrected chi connectivity index (χ1v) is 13.2. The summed E-state index contributed by atoms with van der Waals surface area (Å²) in [7, 11) is -2.40. The Hall–Kier alpha value is -3.12. The molecule has 0 fully saturated rings. The van der Waals surface area contributed by atoms with Gasteiger partial charge in [0.15, 0.2) is 5.82 Å². The lowest BCUT2D eigenvalue weighted by molar-refractivity contribution is -0.128. The number of carbonyl (C=O) groups is 1. The van der Waals surface area contributed by atoms with Crippen LogP contribution in [0.15, 0.2) is 58.8 Å². The Morgan fingerprint density at radius 2 is 1.94 bits per heavy atom. The molecule has 12 heteroatoms. The number of aliphatic hydroxyl groups is 1. The standard InChI is InChI=1S/C23H23ClN4O5S2/c1-14(29)23(30)25-12-15-5-3-6-16(11-15)13-28-17-7-4-8-18(33-2)21(17)22(26-28)27-35(31,32)20-10-9-19(24)34-20/h3-11,14,29H,12-13H2,1-2H3,(H,25,30)(H,26,27)/t14-/m0/s1. The summed E-state index contributed by atoms with van der Waals surface area (Å²) in [6, 6.07) is 15.9. The monoisotopic (exact) mass is 534 g/mol. The fourth-order valence-corrected chi connectivity index (χ4v) is 6.02. The van der Waals surface area contributed by atoms with E-state index in [1.807, 2.05) is 30.3 Å². The zero-order valence-corrected chi connectivity index (χ0v) is 21.2. The second-order valence-electron chi connectivity index (χ2n) is 7.74. The van der Waals surface area contributed by atoms with E-state index in [9.17, 15) is 18.3 Å². The van der Waals surface area contributed by atoms with E-state index in [2.05, 4.69) is 15.1 Å². The van der Waals surface area contributed by atoms with Gasteiger partial charge in [-0.3, -0.25) is 14.2 Å². The van der Waals surface area contributed by atoms with Gasteiger partial charge in [-0.2, -0.15) is 5.10 Å². The van der Waals surface area contributed by atoms with Crippen LogP contribution in [0.25, 0.3) is 10.9 Å². The molecule has 1 atom stereocenters. The van der Waals surface area contributed by atoms with Gasteiger partial charge in [-0.15, -0.1) is 11.3 Å². The maximum atomic E-state index is 12.9. The van der Waals surface area contributed by atoms with Crippen LogP contribution in [0.3, 0.4) is 0 Å². The normalized spacial score (nSPS) is 12.5. The highest BCUT2D eigenvalue weighted by atomic mass is 35.5. The van der Waals surface area contributed by atoms with E-state index in [-0.39, 0.29) is 16.6 Å². The molecule has 0 unspecified atom stereocenters. The number of amides is 1. The van der Waals surface area contributed by atoms with E-state index in [1.54, 1.807) is 16.8 Å². The number of anilines is 1. The van der Waals surface area contributed by atoms with Crippen molar-refractivity contribution in [1.29, 1.82) is 0 Å². The quantitative estimate of drug-likeness (QED) is 0.301. The summed E-state index contributed by atoms with van der Waals surface area (Å²) in [6.07, 6.45) is -1.09. The predicted octanol–water partition coefficient (Wildman–Crippen LogP) is 3.61. The van der Waals surface area contributed by atoms with Crippen LogP contribution < -0.4 is 14.8 Å². The molecule has 0 saturated heterocycles. The van der Waals surface area contributed by atoms with Gasteiger partial charge in [0.05, 0.1) is 28.9 Å². The summed E-state index contributed by atoms with van der Waals surface area (Å²) in [5.41, 5.74) is 2.42. The number of benzene rings is 2. The summed E-state index contributed by atoms with van der Waals surface area (Å²) in [5.74, 6) is 0.164. The van der Waals surface area contributed by atoms with Crippen molar-refractivity contribution in [3.63, 3.8) is 0 Å². The number of aliphatic hydroxyl groups excluding tert-OH is 1. The second-order valence-corrected chi connectivity index (χ2v) is 11.4. The lowest BCUT2D eigenvalue weighted by Crippen LogP contribution is -2.31. The van der Waals surface area contributed by atoms with Crippen molar-refractivity contribution in [3.05, 3.63) is 70.1 Å². The van der Waals surface area contributed by atoms with Crippen LogP contribution in [-0.4, -0.2) is 42.4 Å². The van der Waals surface area contributed by atoms with Crippen LogP contribution in [-0.2, 0) is 27.9 Å². The number of fused-ring (bicyclic) bond motifs is 1. The van der Waals surface area contributed by atoms with E-state index in [0.29, 0.717) is 27.5 Å². The summed E-state index contributed by atoms with van der Waals surface area (Å²) < 4.78 is 36.1. The Balaban J connectivity index is 1.67. The largest absolute Gasteiger partial charge is 0.496 e. The highest BCUT2D eigenvalue weighted by Crippen LogP contribution is 2.35. The summed E-state index contributed by atoms with van der Waals surface area (Å²) in [6.45, 7) is 2.01. The van der Waals surface area contributed by atoms with Gasteiger partial charge in [-0.1, -0.05) is 41.9 Å². The molecule has 2 aromatic heterocycles. The van der Waals surface area contributed by atoms with Crippen LogP contribution in [0.1, 0.15) is 18.1 Å². The number of halogens is 1.